The fourth-order valence-electron chi connectivity index (χ4n) is 5.59. The third kappa shape index (κ3) is 2.99. The molecular weight excluding hydrogens is 443 g/mol. The molecule has 2 aliphatic rings. The van der Waals surface area contributed by atoms with Crippen molar-refractivity contribution in [2.45, 2.75) is 44.7 Å². The molecule has 9 heteroatoms. The number of aromatic nitrogens is 4. The number of hydrogen-bond acceptors (Lipinski definition) is 3. The molecule has 0 N–H and O–H groups in total. The minimum Gasteiger partial charge on any atom is -0.327 e. The Hall–Kier alpha value is -3.62. The summed E-state index contributed by atoms with van der Waals surface area (Å²) in [6.07, 6.45) is 6.48. The van der Waals surface area contributed by atoms with Crippen LogP contribution in [0.15, 0.2) is 36.7 Å². The highest BCUT2D eigenvalue weighted by Gasteiger charge is 2.44. The van der Waals surface area contributed by atoms with Gasteiger partial charge in [0.05, 0.1) is 34.7 Å². The van der Waals surface area contributed by atoms with Gasteiger partial charge in [-0.1, -0.05) is 0 Å². The first-order chi connectivity index (χ1) is 16.3. The third-order valence-electron chi connectivity index (χ3n) is 7.08. The van der Waals surface area contributed by atoms with Crippen molar-refractivity contribution in [1.82, 2.24) is 24.3 Å². The van der Waals surface area contributed by atoms with Crippen molar-refractivity contribution in [3.8, 4) is 11.3 Å². The molecule has 3 aromatic heterocycles. The molecular formula is C25H22F3N5O. The van der Waals surface area contributed by atoms with E-state index in [1.54, 1.807) is 22.4 Å². The van der Waals surface area contributed by atoms with Crippen molar-refractivity contribution in [3.63, 3.8) is 0 Å². The molecule has 2 atom stereocenters. The molecule has 1 aromatic carbocycles. The molecule has 0 unspecified atom stereocenters. The topological polar surface area (TPSA) is 55.4 Å². The largest absolute Gasteiger partial charge is 0.327 e. The normalized spacial score (nSPS) is 19.5. The number of nitrogens with zero attached hydrogens (tertiary/aromatic N) is 5. The lowest BCUT2D eigenvalue weighted by atomic mass is 9.81. The molecule has 34 heavy (non-hydrogen) atoms. The number of halogens is 3. The highest BCUT2D eigenvalue weighted by molar-refractivity contribution is 6.01. The van der Waals surface area contributed by atoms with Crippen molar-refractivity contribution < 1.29 is 18.0 Å². The van der Waals surface area contributed by atoms with E-state index >= 15 is 0 Å². The Bertz CT molecular complexity index is 1450. The minimum absolute atomic E-state index is 0.0726. The average Bonchev–Trinajstić information content (AvgIpc) is 3.36. The number of carbonyl (C=O) groups excluding carboxylic acids is 1. The minimum atomic E-state index is -1.49. The van der Waals surface area contributed by atoms with E-state index in [2.05, 4.69) is 10.2 Å². The van der Waals surface area contributed by atoms with Crippen LogP contribution in [0.2, 0.25) is 0 Å². The summed E-state index contributed by atoms with van der Waals surface area (Å²) < 4.78 is 44.8. The zero-order chi connectivity index (χ0) is 23.7. The van der Waals surface area contributed by atoms with E-state index in [4.69, 9.17) is 0 Å². The zero-order valence-corrected chi connectivity index (χ0v) is 18.7. The lowest BCUT2D eigenvalue weighted by Gasteiger charge is -2.45. The van der Waals surface area contributed by atoms with Gasteiger partial charge in [-0.15, -0.1) is 0 Å². The Balaban J connectivity index is 1.45. The third-order valence-corrected chi connectivity index (χ3v) is 7.08. The van der Waals surface area contributed by atoms with Crippen LogP contribution in [0.25, 0.3) is 16.8 Å². The summed E-state index contributed by atoms with van der Waals surface area (Å²) in [6, 6.07) is 5.57. The molecule has 1 fully saturated rings. The van der Waals surface area contributed by atoms with Crippen molar-refractivity contribution >= 4 is 11.4 Å². The lowest BCUT2D eigenvalue weighted by Crippen LogP contribution is -2.49. The Morgan fingerprint density at radius 1 is 1.12 bits per heavy atom. The first-order valence-corrected chi connectivity index (χ1v) is 11.3. The van der Waals surface area contributed by atoms with Gasteiger partial charge in [-0.2, -0.15) is 10.2 Å². The maximum absolute atomic E-state index is 14.0. The highest BCUT2D eigenvalue weighted by atomic mass is 19.2. The molecule has 2 aliphatic heterocycles. The molecule has 1 saturated heterocycles. The number of hydrogen-bond donors (Lipinski definition) is 0. The predicted octanol–water partition coefficient (Wildman–Crippen LogP) is 4.75. The molecule has 5 heterocycles. The summed E-state index contributed by atoms with van der Waals surface area (Å²) in [5.74, 6) is -4.05. The van der Waals surface area contributed by atoms with E-state index in [1.165, 1.54) is 0 Å². The standard InChI is InChI=1S/C25H22F3N5O/c1-13-6-7-32-21(8-13)17(12-29-32)25(34)33-15-4-3-5-20(33)23-16(11-15)24(31(2)30-23)14-9-18(26)22(28)19(27)10-14/h6-10,12,15,20H,3-5,11H2,1-2H3/t15-,20+/m1/s1. The van der Waals surface area contributed by atoms with Crippen molar-refractivity contribution in [2.24, 2.45) is 7.05 Å². The summed E-state index contributed by atoms with van der Waals surface area (Å²) in [7, 11) is 1.71. The van der Waals surface area contributed by atoms with Crippen molar-refractivity contribution in [2.75, 3.05) is 0 Å². The molecule has 174 valence electrons. The predicted molar refractivity (Wildman–Crippen MR) is 119 cm³/mol. The van der Waals surface area contributed by atoms with E-state index in [0.29, 0.717) is 17.7 Å². The van der Waals surface area contributed by atoms with E-state index < -0.39 is 17.5 Å². The molecule has 0 saturated carbocycles. The molecule has 0 radical (unpaired) electrons. The molecule has 2 bridgehead atoms. The second-order valence-electron chi connectivity index (χ2n) is 9.20. The number of aryl methyl sites for hydroxylation is 2. The summed E-state index contributed by atoms with van der Waals surface area (Å²) in [4.78, 5) is 15.7. The van der Waals surface area contributed by atoms with E-state index in [1.807, 2.05) is 30.2 Å². The van der Waals surface area contributed by atoms with Crippen molar-refractivity contribution in [3.05, 3.63) is 76.5 Å². The number of carbonyl (C=O) groups is 1. The van der Waals surface area contributed by atoms with Crippen LogP contribution in [-0.4, -0.2) is 36.2 Å². The first-order valence-electron chi connectivity index (χ1n) is 11.3. The van der Waals surface area contributed by atoms with Crippen LogP contribution < -0.4 is 0 Å². The zero-order valence-electron chi connectivity index (χ0n) is 18.7. The quantitative estimate of drug-likeness (QED) is 0.402. The monoisotopic (exact) mass is 465 g/mol. The van der Waals surface area contributed by atoms with Crippen LogP contribution in [-0.2, 0) is 13.5 Å². The van der Waals surface area contributed by atoms with Gasteiger partial charge in [0.25, 0.3) is 5.91 Å². The number of amides is 1. The van der Waals surface area contributed by atoms with E-state index in [-0.39, 0.29) is 23.6 Å². The number of benzene rings is 1. The summed E-state index contributed by atoms with van der Waals surface area (Å²) in [5.41, 5.74) is 4.74. The van der Waals surface area contributed by atoms with Crippen LogP contribution in [0.5, 0.6) is 0 Å². The summed E-state index contributed by atoms with van der Waals surface area (Å²) >= 11 is 0. The lowest BCUT2D eigenvalue weighted by molar-refractivity contribution is 0.0394. The number of fused-ring (bicyclic) bond motifs is 5. The van der Waals surface area contributed by atoms with Gasteiger partial charge >= 0.3 is 0 Å². The number of piperidine rings is 1. The maximum Gasteiger partial charge on any atom is 0.258 e. The van der Waals surface area contributed by atoms with Gasteiger partial charge in [0.1, 0.15) is 0 Å². The summed E-state index contributed by atoms with van der Waals surface area (Å²) in [5, 5.41) is 9.03. The number of pyridine rings is 1. The molecule has 1 amide bonds. The van der Waals surface area contributed by atoms with Gasteiger partial charge in [0, 0.05) is 30.4 Å². The average molecular weight is 465 g/mol. The van der Waals surface area contributed by atoms with Crippen LogP contribution in [0, 0.1) is 24.4 Å². The van der Waals surface area contributed by atoms with Crippen LogP contribution >= 0.6 is 0 Å². The first kappa shape index (κ1) is 20.9. The molecule has 0 aliphatic carbocycles. The molecule has 4 aromatic rings. The second-order valence-corrected chi connectivity index (χ2v) is 9.20. The Kier molecular flexibility index (Phi) is 4.59. The summed E-state index contributed by atoms with van der Waals surface area (Å²) in [6.45, 7) is 1.97. The number of rotatable bonds is 2. The molecule has 6 nitrogen and oxygen atoms in total. The molecule has 6 rings (SSSR count). The molecule has 0 spiro atoms. The van der Waals surface area contributed by atoms with Gasteiger partial charge in [-0.3, -0.25) is 9.48 Å². The van der Waals surface area contributed by atoms with Gasteiger partial charge in [-0.25, -0.2) is 17.7 Å². The van der Waals surface area contributed by atoms with E-state index in [9.17, 15) is 18.0 Å². The van der Waals surface area contributed by atoms with Crippen LogP contribution in [0.1, 0.15) is 52.5 Å². The SMILES string of the molecule is Cc1ccn2ncc(C(=O)N3[C@@H]4CCC[C@H]3c3nn(C)c(-c5cc(F)c(F)c(F)c5)c3C4)c2c1. The van der Waals surface area contributed by atoms with Gasteiger partial charge in [-0.05, 0) is 62.4 Å². The van der Waals surface area contributed by atoms with Crippen LogP contribution in [0.4, 0.5) is 13.2 Å². The van der Waals surface area contributed by atoms with Gasteiger partial charge in [0.2, 0.25) is 0 Å². The van der Waals surface area contributed by atoms with Gasteiger partial charge in [0.15, 0.2) is 17.5 Å². The van der Waals surface area contributed by atoms with Gasteiger partial charge < -0.3 is 4.90 Å². The highest BCUT2D eigenvalue weighted by Crippen LogP contribution is 2.45. The Morgan fingerprint density at radius 2 is 1.88 bits per heavy atom. The maximum atomic E-state index is 14.0. The Morgan fingerprint density at radius 3 is 2.65 bits per heavy atom. The van der Waals surface area contributed by atoms with E-state index in [0.717, 1.165) is 53.7 Å². The fourth-order valence-corrected chi connectivity index (χ4v) is 5.59. The smallest absolute Gasteiger partial charge is 0.258 e. The second kappa shape index (κ2) is 7.44. The fraction of sp³-hybridized carbons (Fsp3) is 0.320. The van der Waals surface area contributed by atoms with Crippen molar-refractivity contribution in [1.29, 1.82) is 0 Å². The van der Waals surface area contributed by atoms with Crippen LogP contribution in [0.3, 0.4) is 0 Å². The Labute approximate surface area is 193 Å².